The van der Waals surface area contributed by atoms with E-state index in [9.17, 15) is 14.9 Å². The van der Waals surface area contributed by atoms with Crippen molar-refractivity contribution in [1.29, 1.82) is 0 Å². The lowest BCUT2D eigenvalue weighted by molar-refractivity contribution is -0.385. The summed E-state index contributed by atoms with van der Waals surface area (Å²) in [6, 6.07) is 16.7. The molecule has 0 unspecified atom stereocenters. The lowest BCUT2D eigenvalue weighted by Gasteiger charge is -2.22. The lowest BCUT2D eigenvalue weighted by Crippen LogP contribution is -2.34. The summed E-state index contributed by atoms with van der Waals surface area (Å²) in [7, 11) is 1.41. The molecule has 0 fully saturated rings. The minimum absolute atomic E-state index is 0.00911. The summed E-state index contributed by atoms with van der Waals surface area (Å²) < 4.78 is 15.8. The molecule has 8 heteroatoms. The smallest absolute Gasteiger partial charge is 0.314 e. The summed E-state index contributed by atoms with van der Waals surface area (Å²) in [6.45, 7) is -0.160. The molecule has 2 aromatic carbocycles. The third-order valence-corrected chi connectivity index (χ3v) is 3.98. The Morgan fingerprint density at radius 2 is 1.93 bits per heavy atom. The van der Waals surface area contributed by atoms with Crippen molar-refractivity contribution < 1.29 is 23.6 Å². The minimum Gasteiger partial charge on any atom is -0.496 e. The molecule has 0 aliphatic heterocycles. The zero-order valence-electron chi connectivity index (χ0n) is 15.1. The number of hydrogen-bond donors (Lipinski definition) is 0. The van der Waals surface area contributed by atoms with Crippen LogP contribution >= 0.6 is 0 Å². The number of nitro benzene ring substituents is 1. The number of benzene rings is 2. The molecular weight excluding hydrogens is 364 g/mol. The zero-order chi connectivity index (χ0) is 19.9. The first kappa shape index (κ1) is 19.0. The van der Waals surface area contributed by atoms with Gasteiger partial charge < -0.3 is 18.8 Å². The van der Waals surface area contributed by atoms with Crippen LogP contribution in [0.5, 0.6) is 11.5 Å². The fourth-order valence-corrected chi connectivity index (χ4v) is 2.60. The minimum atomic E-state index is -0.583. The molecule has 0 saturated heterocycles. The van der Waals surface area contributed by atoms with Gasteiger partial charge in [-0.3, -0.25) is 14.9 Å². The number of rotatable bonds is 8. The highest BCUT2D eigenvalue weighted by Crippen LogP contribution is 2.31. The van der Waals surface area contributed by atoms with Crippen molar-refractivity contribution in [2.24, 2.45) is 0 Å². The molecule has 1 heterocycles. The van der Waals surface area contributed by atoms with Gasteiger partial charge >= 0.3 is 5.69 Å². The number of nitrogens with zero attached hydrogens (tertiary/aromatic N) is 2. The topological polar surface area (TPSA) is 95.1 Å². The molecular formula is C20H18N2O6. The van der Waals surface area contributed by atoms with Crippen LogP contribution in [0, 0.1) is 10.1 Å². The van der Waals surface area contributed by atoms with Crippen LogP contribution in [0.25, 0.3) is 0 Å². The summed E-state index contributed by atoms with van der Waals surface area (Å²) in [5.74, 6) is 0.555. The van der Waals surface area contributed by atoms with Gasteiger partial charge in [0.25, 0.3) is 5.91 Å². The van der Waals surface area contributed by atoms with E-state index in [-0.39, 0.29) is 30.5 Å². The maximum absolute atomic E-state index is 12.8. The molecule has 0 bridgehead atoms. The predicted octanol–water partition coefficient (Wildman–Crippen LogP) is 3.81. The number of ether oxygens (including phenoxy) is 2. The molecule has 1 aromatic heterocycles. The second kappa shape index (κ2) is 8.72. The number of furan rings is 1. The number of para-hydroxylation sites is 1. The van der Waals surface area contributed by atoms with Gasteiger partial charge in [0.05, 0.1) is 30.9 Å². The Kier molecular flexibility index (Phi) is 5.91. The van der Waals surface area contributed by atoms with Crippen molar-refractivity contribution in [3.05, 3.63) is 82.8 Å². The number of carbonyl (C=O) groups is 1. The molecule has 3 aromatic rings. The highest BCUT2D eigenvalue weighted by Gasteiger charge is 2.21. The maximum Gasteiger partial charge on any atom is 0.314 e. The van der Waals surface area contributed by atoms with E-state index in [0.29, 0.717) is 17.2 Å². The van der Waals surface area contributed by atoms with Crippen molar-refractivity contribution in [1.82, 2.24) is 0 Å². The third kappa shape index (κ3) is 4.47. The van der Waals surface area contributed by atoms with Crippen LogP contribution in [0.3, 0.4) is 0 Å². The van der Waals surface area contributed by atoms with Crippen molar-refractivity contribution in [3.63, 3.8) is 0 Å². The molecule has 0 N–H and O–H groups in total. The summed E-state index contributed by atoms with van der Waals surface area (Å²) in [4.78, 5) is 25.0. The number of carbonyl (C=O) groups excluding carboxylic acids is 1. The largest absolute Gasteiger partial charge is 0.496 e. The van der Waals surface area contributed by atoms with Gasteiger partial charge in [-0.15, -0.1) is 0 Å². The Balaban J connectivity index is 1.78. The number of anilines is 1. The van der Waals surface area contributed by atoms with Crippen molar-refractivity contribution in [2.45, 2.75) is 6.54 Å². The van der Waals surface area contributed by atoms with Gasteiger partial charge in [-0.25, -0.2) is 0 Å². The van der Waals surface area contributed by atoms with Crippen LogP contribution in [-0.4, -0.2) is 24.5 Å². The average molecular weight is 382 g/mol. The summed E-state index contributed by atoms with van der Waals surface area (Å²) in [6.07, 6.45) is 1.53. The molecule has 28 heavy (non-hydrogen) atoms. The van der Waals surface area contributed by atoms with Crippen LogP contribution in [0.2, 0.25) is 0 Å². The third-order valence-electron chi connectivity index (χ3n) is 3.98. The highest BCUT2D eigenvalue weighted by molar-refractivity contribution is 5.94. The lowest BCUT2D eigenvalue weighted by atomic mass is 10.2. The second-order valence-electron chi connectivity index (χ2n) is 5.77. The first-order valence-corrected chi connectivity index (χ1v) is 8.41. The second-order valence-corrected chi connectivity index (χ2v) is 5.77. The zero-order valence-corrected chi connectivity index (χ0v) is 15.1. The average Bonchev–Trinajstić information content (AvgIpc) is 3.24. The van der Waals surface area contributed by atoms with E-state index in [0.717, 1.165) is 0 Å². The van der Waals surface area contributed by atoms with E-state index in [1.165, 1.54) is 36.5 Å². The number of methoxy groups -OCH3 is 1. The monoisotopic (exact) mass is 382 g/mol. The fraction of sp³-hybridized carbons (Fsp3) is 0.150. The standard InChI is InChI=1S/C20H18N2O6/c1-26-16-9-10-19(18(12-16)22(24)25)28-14-20(23)21(13-17-8-5-11-27-17)15-6-3-2-4-7-15/h2-12H,13-14H2,1H3. The fourth-order valence-electron chi connectivity index (χ4n) is 2.60. The molecule has 0 radical (unpaired) electrons. The SMILES string of the molecule is COc1ccc(OCC(=O)N(Cc2ccco2)c2ccccc2)c([N+](=O)[O-])c1. The van der Waals surface area contributed by atoms with Gasteiger partial charge in [0.2, 0.25) is 0 Å². The summed E-state index contributed by atoms with van der Waals surface area (Å²) in [5.41, 5.74) is 0.390. The molecule has 8 nitrogen and oxygen atoms in total. The highest BCUT2D eigenvalue weighted by atomic mass is 16.6. The quantitative estimate of drug-likeness (QED) is 0.434. The van der Waals surface area contributed by atoms with Crippen LogP contribution in [-0.2, 0) is 11.3 Å². The van der Waals surface area contributed by atoms with Gasteiger partial charge in [-0.2, -0.15) is 0 Å². The van der Waals surface area contributed by atoms with E-state index >= 15 is 0 Å². The van der Waals surface area contributed by atoms with Crippen LogP contribution in [0.1, 0.15) is 5.76 Å². The molecule has 1 amide bonds. The Morgan fingerprint density at radius 1 is 1.14 bits per heavy atom. The molecule has 0 aliphatic carbocycles. The van der Waals surface area contributed by atoms with Crippen LogP contribution in [0.15, 0.2) is 71.3 Å². The Morgan fingerprint density at radius 3 is 2.57 bits per heavy atom. The Hall–Kier alpha value is -3.81. The van der Waals surface area contributed by atoms with E-state index < -0.39 is 4.92 Å². The van der Waals surface area contributed by atoms with Crippen molar-refractivity contribution in [3.8, 4) is 11.5 Å². The Bertz CT molecular complexity index is 941. The molecule has 3 rings (SSSR count). The molecule has 0 atom stereocenters. The molecule has 0 saturated carbocycles. The molecule has 144 valence electrons. The molecule has 0 spiro atoms. The number of nitro groups is 1. The van der Waals surface area contributed by atoms with Gasteiger partial charge in [0.1, 0.15) is 11.5 Å². The molecule has 0 aliphatic rings. The van der Waals surface area contributed by atoms with E-state index in [4.69, 9.17) is 13.9 Å². The van der Waals surface area contributed by atoms with Gasteiger partial charge in [-0.05, 0) is 36.4 Å². The van der Waals surface area contributed by atoms with E-state index in [2.05, 4.69) is 0 Å². The van der Waals surface area contributed by atoms with Crippen molar-refractivity contribution in [2.75, 3.05) is 18.6 Å². The van der Waals surface area contributed by atoms with Crippen molar-refractivity contribution >= 4 is 17.3 Å². The first-order chi connectivity index (χ1) is 13.6. The summed E-state index contributed by atoms with van der Waals surface area (Å²) >= 11 is 0. The van der Waals surface area contributed by atoms with E-state index in [1.54, 1.807) is 24.3 Å². The van der Waals surface area contributed by atoms with Crippen LogP contribution < -0.4 is 14.4 Å². The normalized spacial score (nSPS) is 10.3. The number of amides is 1. The first-order valence-electron chi connectivity index (χ1n) is 8.41. The summed E-state index contributed by atoms with van der Waals surface area (Å²) in [5, 5.41) is 11.3. The van der Waals surface area contributed by atoms with Crippen LogP contribution in [0.4, 0.5) is 11.4 Å². The number of hydrogen-bond acceptors (Lipinski definition) is 6. The Labute approximate surface area is 161 Å². The van der Waals surface area contributed by atoms with Gasteiger partial charge in [-0.1, -0.05) is 18.2 Å². The maximum atomic E-state index is 12.8. The van der Waals surface area contributed by atoms with E-state index in [1.807, 2.05) is 18.2 Å². The van der Waals surface area contributed by atoms with Gasteiger partial charge in [0, 0.05) is 5.69 Å². The van der Waals surface area contributed by atoms with Gasteiger partial charge in [0.15, 0.2) is 12.4 Å². The predicted molar refractivity (Wildman–Crippen MR) is 101 cm³/mol.